The van der Waals surface area contributed by atoms with Gasteiger partial charge in [-0.3, -0.25) is 4.79 Å². The predicted octanol–water partition coefficient (Wildman–Crippen LogP) is 2.71. The second kappa shape index (κ2) is 5.26. The Morgan fingerprint density at radius 2 is 2.04 bits per heavy atom. The molecular formula is C20H16N4O3. The van der Waals surface area contributed by atoms with Gasteiger partial charge in [-0.1, -0.05) is 12.1 Å². The van der Waals surface area contributed by atoms with Crippen molar-refractivity contribution in [2.45, 2.75) is 18.4 Å². The minimum Gasteiger partial charge on any atom is -0.478 e. The van der Waals surface area contributed by atoms with Crippen molar-refractivity contribution in [2.75, 3.05) is 7.05 Å². The zero-order valence-electron chi connectivity index (χ0n) is 14.6. The molecule has 0 atom stereocenters. The molecular weight excluding hydrogens is 344 g/mol. The second-order valence-electron chi connectivity index (χ2n) is 7.03. The van der Waals surface area contributed by atoms with Crippen LogP contribution in [0.4, 0.5) is 0 Å². The fraction of sp³-hybridized carbons (Fsp3) is 0.200. The Hall–Kier alpha value is -3.48. The Morgan fingerprint density at radius 1 is 1.22 bits per heavy atom. The van der Waals surface area contributed by atoms with E-state index in [4.69, 9.17) is 0 Å². The van der Waals surface area contributed by atoms with E-state index in [9.17, 15) is 14.7 Å². The number of aromatic carboxylic acids is 1. The first kappa shape index (κ1) is 15.7. The quantitative estimate of drug-likeness (QED) is 0.759. The Kier molecular flexibility index (Phi) is 3.07. The van der Waals surface area contributed by atoms with Gasteiger partial charge < -0.3 is 14.6 Å². The van der Waals surface area contributed by atoms with Gasteiger partial charge in [0.1, 0.15) is 5.69 Å². The maximum atomic E-state index is 13.0. The van der Waals surface area contributed by atoms with Crippen LogP contribution in [0.3, 0.4) is 0 Å². The molecule has 0 radical (unpaired) electrons. The lowest BCUT2D eigenvalue weighted by atomic mass is 9.98. The molecule has 3 aromatic rings. The number of fused-ring (bicyclic) bond motifs is 4. The van der Waals surface area contributed by atoms with E-state index in [1.54, 1.807) is 22.7 Å². The van der Waals surface area contributed by atoms with Crippen LogP contribution >= 0.6 is 0 Å². The molecule has 2 aliphatic rings. The molecule has 0 saturated heterocycles. The summed E-state index contributed by atoms with van der Waals surface area (Å²) in [5.41, 5.74) is 3.56. The zero-order valence-corrected chi connectivity index (χ0v) is 14.6. The molecule has 1 amide bonds. The summed E-state index contributed by atoms with van der Waals surface area (Å²) in [6, 6.07) is 11.1. The molecule has 27 heavy (non-hydrogen) atoms. The lowest BCUT2D eigenvalue weighted by Crippen LogP contribution is -2.36. The molecule has 7 nitrogen and oxygen atoms in total. The van der Waals surface area contributed by atoms with Crippen molar-refractivity contribution in [2.24, 2.45) is 0 Å². The van der Waals surface area contributed by atoms with Gasteiger partial charge >= 0.3 is 5.97 Å². The SMILES string of the molecule is CN1C(=O)c2cc(C(=O)O)cn2-c2cc(-c3cccnn3)ccc2C12CC2. The van der Waals surface area contributed by atoms with E-state index < -0.39 is 5.97 Å². The Bertz CT molecular complexity index is 1100. The van der Waals surface area contributed by atoms with Crippen LogP contribution in [0.1, 0.15) is 39.3 Å². The number of amides is 1. The van der Waals surface area contributed by atoms with Gasteiger partial charge in [0.2, 0.25) is 0 Å². The molecule has 5 rings (SSSR count). The van der Waals surface area contributed by atoms with Gasteiger partial charge in [0.05, 0.1) is 22.5 Å². The highest BCUT2D eigenvalue weighted by Gasteiger charge is 2.53. The molecule has 1 N–H and O–H groups in total. The number of carboxylic acid groups (broad SMARTS) is 1. The molecule has 1 aliphatic carbocycles. The number of aromatic nitrogens is 3. The molecule has 1 aromatic carbocycles. The minimum absolute atomic E-state index is 0.0920. The summed E-state index contributed by atoms with van der Waals surface area (Å²) in [7, 11) is 1.79. The molecule has 1 fully saturated rings. The van der Waals surface area contributed by atoms with Crippen LogP contribution < -0.4 is 0 Å². The summed E-state index contributed by atoms with van der Waals surface area (Å²) in [5.74, 6) is -1.23. The van der Waals surface area contributed by atoms with Crippen molar-refractivity contribution in [3.63, 3.8) is 0 Å². The first-order chi connectivity index (χ1) is 13.0. The van der Waals surface area contributed by atoms with E-state index in [1.807, 2.05) is 30.3 Å². The smallest absolute Gasteiger partial charge is 0.337 e. The highest BCUT2D eigenvalue weighted by atomic mass is 16.4. The number of nitrogens with zero attached hydrogens (tertiary/aromatic N) is 4. The van der Waals surface area contributed by atoms with Gasteiger partial charge in [-0.15, -0.1) is 0 Å². The monoisotopic (exact) mass is 360 g/mol. The minimum atomic E-state index is -1.06. The summed E-state index contributed by atoms with van der Waals surface area (Å²) in [6.07, 6.45) is 4.92. The average molecular weight is 360 g/mol. The summed E-state index contributed by atoms with van der Waals surface area (Å²) >= 11 is 0. The van der Waals surface area contributed by atoms with Crippen LogP contribution in [-0.2, 0) is 5.54 Å². The first-order valence-electron chi connectivity index (χ1n) is 8.68. The van der Waals surface area contributed by atoms with Crippen LogP contribution in [0.15, 0.2) is 48.8 Å². The van der Waals surface area contributed by atoms with E-state index in [-0.39, 0.29) is 17.0 Å². The highest BCUT2D eigenvalue weighted by molar-refractivity contribution is 5.99. The normalized spacial score (nSPS) is 16.6. The highest BCUT2D eigenvalue weighted by Crippen LogP contribution is 2.54. The number of carboxylic acids is 1. The molecule has 7 heteroatoms. The largest absolute Gasteiger partial charge is 0.478 e. The van der Waals surface area contributed by atoms with E-state index in [2.05, 4.69) is 10.2 Å². The summed E-state index contributed by atoms with van der Waals surface area (Å²) in [6.45, 7) is 0. The topological polar surface area (TPSA) is 88.3 Å². The Balaban J connectivity index is 1.79. The number of carbonyl (C=O) groups is 2. The van der Waals surface area contributed by atoms with E-state index in [0.717, 1.165) is 35.3 Å². The fourth-order valence-electron chi connectivity index (χ4n) is 3.95. The number of hydrogen-bond acceptors (Lipinski definition) is 4. The first-order valence-corrected chi connectivity index (χ1v) is 8.68. The maximum Gasteiger partial charge on any atom is 0.337 e. The van der Waals surface area contributed by atoms with Crippen LogP contribution in [0.2, 0.25) is 0 Å². The predicted molar refractivity (Wildman–Crippen MR) is 96.8 cm³/mol. The van der Waals surface area contributed by atoms with E-state index >= 15 is 0 Å². The van der Waals surface area contributed by atoms with E-state index in [1.165, 1.54) is 12.3 Å². The zero-order chi connectivity index (χ0) is 18.8. The van der Waals surface area contributed by atoms with Crippen molar-refractivity contribution in [1.29, 1.82) is 0 Å². The Labute approximate surface area is 154 Å². The molecule has 0 bridgehead atoms. The van der Waals surface area contributed by atoms with Crippen LogP contribution in [0, 0.1) is 0 Å². The van der Waals surface area contributed by atoms with Gasteiger partial charge in [-0.05, 0) is 37.1 Å². The summed E-state index contributed by atoms with van der Waals surface area (Å²) in [4.78, 5) is 26.3. The standard InChI is InChI=1S/C20H16N4O3/c1-23-18(25)17-10-13(19(26)27)11-24(17)16-9-12(15-3-2-8-21-22-15)4-5-14(16)20(23)6-7-20/h2-5,8-11H,6-7H2,1H3,(H,26,27). The van der Waals surface area contributed by atoms with Crippen molar-refractivity contribution in [3.8, 4) is 16.9 Å². The second-order valence-corrected chi connectivity index (χ2v) is 7.03. The number of rotatable bonds is 2. The van der Waals surface area contributed by atoms with Crippen LogP contribution in [0.25, 0.3) is 16.9 Å². The maximum absolute atomic E-state index is 13.0. The van der Waals surface area contributed by atoms with Crippen molar-refractivity contribution in [3.05, 3.63) is 65.6 Å². The molecule has 1 spiro atoms. The molecule has 3 heterocycles. The number of carbonyl (C=O) groups excluding carboxylic acids is 1. The Morgan fingerprint density at radius 3 is 2.70 bits per heavy atom. The van der Waals surface area contributed by atoms with Crippen LogP contribution in [0.5, 0.6) is 0 Å². The molecule has 0 unspecified atom stereocenters. The van der Waals surface area contributed by atoms with Gasteiger partial charge in [0.15, 0.2) is 0 Å². The van der Waals surface area contributed by atoms with Gasteiger partial charge in [0.25, 0.3) is 5.91 Å². The van der Waals surface area contributed by atoms with Crippen LogP contribution in [-0.4, -0.2) is 43.7 Å². The third-order valence-electron chi connectivity index (χ3n) is 5.58. The van der Waals surface area contributed by atoms with Gasteiger partial charge in [0, 0.05) is 30.6 Å². The number of hydrogen-bond donors (Lipinski definition) is 1. The van der Waals surface area contributed by atoms with Gasteiger partial charge in [-0.2, -0.15) is 10.2 Å². The fourth-order valence-corrected chi connectivity index (χ4v) is 3.95. The van der Waals surface area contributed by atoms with Crippen molar-refractivity contribution < 1.29 is 14.7 Å². The molecule has 2 aromatic heterocycles. The lowest BCUT2D eigenvalue weighted by Gasteiger charge is -2.27. The lowest BCUT2D eigenvalue weighted by molar-refractivity contribution is 0.0695. The van der Waals surface area contributed by atoms with E-state index in [0.29, 0.717) is 5.69 Å². The summed E-state index contributed by atoms with van der Waals surface area (Å²) < 4.78 is 1.70. The van der Waals surface area contributed by atoms with Crippen molar-refractivity contribution >= 4 is 11.9 Å². The number of benzene rings is 1. The van der Waals surface area contributed by atoms with Gasteiger partial charge in [-0.25, -0.2) is 4.79 Å². The summed E-state index contributed by atoms with van der Waals surface area (Å²) in [5, 5.41) is 17.5. The third-order valence-corrected chi connectivity index (χ3v) is 5.58. The van der Waals surface area contributed by atoms with Crippen molar-refractivity contribution in [1.82, 2.24) is 19.7 Å². The average Bonchev–Trinajstić information content (AvgIpc) is 3.38. The third kappa shape index (κ3) is 2.14. The molecule has 1 saturated carbocycles. The molecule has 134 valence electrons. The molecule has 1 aliphatic heterocycles.